The second-order valence-electron chi connectivity index (χ2n) is 4.22. The number of hydrogen-bond acceptors (Lipinski definition) is 3. The first kappa shape index (κ1) is 11.0. The summed E-state index contributed by atoms with van der Waals surface area (Å²) in [6.45, 7) is 4.33. The predicted molar refractivity (Wildman–Crippen MR) is 65.9 cm³/mol. The fourth-order valence-corrected chi connectivity index (χ4v) is 1.77. The van der Waals surface area contributed by atoms with Gasteiger partial charge in [-0.15, -0.1) is 0 Å². The lowest BCUT2D eigenvalue weighted by molar-refractivity contribution is 0.457. The summed E-state index contributed by atoms with van der Waals surface area (Å²) in [4.78, 5) is 8.53. The van der Waals surface area contributed by atoms with Crippen molar-refractivity contribution < 1.29 is 0 Å². The van der Waals surface area contributed by atoms with Crippen molar-refractivity contribution >= 4 is 11.0 Å². The number of nitrogens with zero attached hydrogens (tertiary/aromatic N) is 2. The molecule has 1 aromatic carbocycles. The van der Waals surface area contributed by atoms with Crippen molar-refractivity contribution in [2.75, 3.05) is 0 Å². The van der Waals surface area contributed by atoms with E-state index in [0.29, 0.717) is 5.92 Å². The Morgan fingerprint density at radius 1 is 1.19 bits per heavy atom. The van der Waals surface area contributed by atoms with Crippen LogP contribution in [0.2, 0.25) is 0 Å². The molecule has 0 aliphatic heterocycles. The highest BCUT2D eigenvalue weighted by molar-refractivity contribution is 5.74. The molecule has 2 N–H and O–H groups in total. The van der Waals surface area contributed by atoms with Crippen LogP contribution in [-0.4, -0.2) is 9.97 Å². The minimum atomic E-state index is 0.0800. The van der Waals surface area contributed by atoms with E-state index in [1.165, 1.54) is 0 Å². The van der Waals surface area contributed by atoms with Gasteiger partial charge in [0.15, 0.2) is 0 Å². The topological polar surface area (TPSA) is 51.8 Å². The zero-order valence-electron chi connectivity index (χ0n) is 9.72. The van der Waals surface area contributed by atoms with Gasteiger partial charge in [-0.1, -0.05) is 26.3 Å². The first-order chi connectivity index (χ1) is 7.72. The van der Waals surface area contributed by atoms with Crippen LogP contribution in [-0.2, 0) is 0 Å². The van der Waals surface area contributed by atoms with E-state index in [9.17, 15) is 0 Å². The van der Waals surface area contributed by atoms with Crippen molar-refractivity contribution in [1.29, 1.82) is 0 Å². The lowest BCUT2D eigenvalue weighted by Crippen LogP contribution is -2.18. The normalized spacial score (nSPS) is 14.9. The molecule has 2 atom stereocenters. The van der Waals surface area contributed by atoms with Crippen molar-refractivity contribution in [3.05, 3.63) is 36.2 Å². The Bertz CT molecular complexity index is 481. The van der Waals surface area contributed by atoms with Gasteiger partial charge in [0.05, 0.1) is 11.0 Å². The van der Waals surface area contributed by atoms with E-state index in [2.05, 4.69) is 23.8 Å². The number of fused-ring (bicyclic) bond motifs is 1. The summed E-state index contributed by atoms with van der Waals surface area (Å²) in [6.07, 6.45) is 4.50. The van der Waals surface area contributed by atoms with Crippen LogP contribution in [0.1, 0.15) is 31.9 Å². The largest absolute Gasteiger partial charge is 0.324 e. The summed E-state index contributed by atoms with van der Waals surface area (Å²) in [5.74, 6) is 0.481. The molecule has 0 aliphatic rings. The van der Waals surface area contributed by atoms with Crippen LogP contribution in [0.15, 0.2) is 30.6 Å². The minimum absolute atomic E-state index is 0.0800. The molecular formula is C13H17N3. The van der Waals surface area contributed by atoms with Crippen LogP contribution in [0.25, 0.3) is 11.0 Å². The summed E-state index contributed by atoms with van der Waals surface area (Å²) in [5, 5.41) is 0. The summed E-state index contributed by atoms with van der Waals surface area (Å²) < 4.78 is 0. The Kier molecular flexibility index (Phi) is 3.15. The van der Waals surface area contributed by atoms with E-state index in [1.54, 1.807) is 12.4 Å². The first-order valence-electron chi connectivity index (χ1n) is 5.68. The van der Waals surface area contributed by atoms with Crippen LogP contribution in [0.4, 0.5) is 0 Å². The van der Waals surface area contributed by atoms with Gasteiger partial charge in [-0.2, -0.15) is 0 Å². The molecule has 0 saturated carbocycles. The van der Waals surface area contributed by atoms with Gasteiger partial charge in [0, 0.05) is 18.4 Å². The van der Waals surface area contributed by atoms with Crippen molar-refractivity contribution in [3.8, 4) is 0 Å². The maximum Gasteiger partial charge on any atom is 0.0890 e. The zero-order chi connectivity index (χ0) is 11.5. The third-order valence-corrected chi connectivity index (χ3v) is 3.14. The van der Waals surface area contributed by atoms with Crippen molar-refractivity contribution in [2.24, 2.45) is 11.7 Å². The molecule has 0 spiro atoms. The predicted octanol–water partition coefficient (Wildman–Crippen LogP) is 2.68. The van der Waals surface area contributed by atoms with E-state index in [1.807, 2.05) is 18.2 Å². The molecule has 0 saturated heterocycles. The second kappa shape index (κ2) is 4.58. The van der Waals surface area contributed by atoms with Crippen molar-refractivity contribution in [1.82, 2.24) is 9.97 Å². The molecule has 2 rings (SSSR count). The Morgan fingerprint density at radius 2 is 1.88 bits per heavy atom. The average molecular weight is 215 g/mol. The molecule has 1 aromatic heterocycles. The standard InChI is InChI=1S/C13H17N3/c1-3-9(2)13(14)10-4-5-11-12(8-10)16-7-6-15-11/h4-9,13H,3,14H2,1-2H3. The zero-order valence-corrected chi connectivity index (χ0v) is 9.72. The van der Waals surface area contributed by atoms with Gasteiger partial charge in [-0.25, -0.2) is 0 Å². The molecule has 84 valence electrons. The first-order valence-corrected chi connectivity index (χ1v) is 5.68. The SMILES string of the molecule is CCC(C)C(N)c1ccc2nccnc2c1. The quantitative estimate of drug-likeness (QED) is 0.856. The number of rotatable bonds is 3. The van der Waals surface area contributed by atoms with Crippen LogP contribution >= 0.6 is 0 Å². The van der Waals surface area contributed by atoms with Crippen LogP contribution < -0.4 is 5.73 Å². The number of benzene rings is 1. The van der Waals surface area contributed by atoms with E-state index >= 15 is 0 Å². The highest BCUT2D eigenvalue weighted by Gasteiger charge is 2.13. The van der Waals surface area contributed by atoms with Gasteiger partial charge in [0.1, 0.15) is 0 Å². The Hall–Kier alpha value is -1.48. The lowest BCUT2D eigenvalue weighted by Gasteiger charge is -2.18. The molecule has 0 fully saturated rings. The van der Waals surface area contributed by atoms with E-state index in [-0.39, 0.29) is 6.04 Å². The molecular weight excluding hydrogens is 198 g/mol. The third-order valence-electron chi connectivity index (χ3n) is 3.14. The fourth-order valence-electron chi connectivity index (χ4n) is 1.77. The smallest absolute Gasteiger partial charge is 0.0890 e. The van der Waals surface area contributed by atoms with Crippen LogP contribution in [0, 0.1) is 5.92 Å². The molecule has 3 nitrogen and oxygen atoms in total. The van der Waals surface area contributed by atoms with Crippen LogP contribution in [0.3, 0.4) is 0 Å². The van der Waals surface area contributed by atoms with Crippen molar-refractivity contribution in [2.45, 2.75) is 26.3 Å². The highest BCUT2D eigenvalue weighted by atomic mass is 14.8. The Morgan fingerprint density at radius 3 is 2.56 bits per heavy atom. The molecule has 0 radical (unpaired) electrons. The number of hydrogen-bond donors (Lipinski definition) is 1. The summed E-state index contributed by atoms with van der Waals surface area (Å²) in [7, 11) is 0. The molecule has 0 aliphatic carbocycles. The fraction of sp³-hybridized carbons (Fsp3) is 0.385. The van der Waals surface area contributed by atoms with E-state index in [0.717, 1.165) is 23.0 Å². The maximum atomic E-state index is 6.19. The molecule has 0 bridgehead atoms. The van der Waals surface area contributed by atoms with Gasteiger partial charge in [-0.3, -0.25) is 9.97 Å². The maximum absolute atomic E-state index is 6.19. The second-order valence-corrected chi connectivity index (χ2v) is 4.22. The molecule has 16 heavy (non-hydrogen) atoms. The number of aromatic nitrogens is 2. The summed E-state index contributed by atoms with van der Waals surface area (Å²) in [6, 6.07) is 6.16. The Labute approximate surface area is 95.7 Å². The minimum Gasteiger partial charge on any atom is -0.324 e. The monoisotopic (exact) mass is 215 g/mol. The van der Waals surface area contributed by atoms with E-state index in [4.69, 9.17) is 5.73 Å². The van der Waals surface area contributed by atoms with Crippen LogP contribution in [0.5, 0.6) is 0 Å². The summed E-state index contributed by atoms with van der Waals surface area (Å²) >= 11 is 0. The molecule has 2 aromatic rings. The van der Waals surface area contributed by atoms with Gasteiger partial charge >= 0.3 is 0 Å². The Balaban J connectivity index is 2.39. The van der Waals surface area contributed by atoms with Gasteiger partial charge in [0.25, 0.3) is 0 Å². The number of nitrogens with two attached hydrogens (primary N) is 1. The summed E-state index contributed by atoms with van der Waals surface area (Å²) in [5.41, 5.74) is 9.17. The molecule has 1 heterocycles. The molecule has 2 unspecified atom stereocenters. The third kappa shape index (κ3) is 2.04. The highest BCUT2D eigenvalue weighted by Crippen LogP contribution is 2.23. The molecule has 0 amide bonds. The van der Waals surface area contributed by atoms with Crippen molar-refractivity contribution in [3.63, 3.8) is 0 Å². The van der Waals surface area contributed by atoms with Gasteiger partial charge in [0.2, 0.25) is 0 Å². The average Bonchev–Trinajstić information content (AvgIpc) is 2.36. The molecule has 3 heteroatoms. The van der Waals surface area contributed by atoms with Gasteiger partial charge in [-0.05, 0) is 23.6 Å². The van der Waals surface area contributed by atoms with Gasteiger partial charge < -0.3 is 5.73 Å². The lowest BCUT2D eigenvalue weighted by atomic mass is 9.93. The van der Waals surface area contributed by atoms with E-state index < -0.39 is 0 Å².